The molecule has 51 heavy (non-hydrogen) atoms. The smallest absolute Gasteiger partial charge is 0.271 e. The van der Waals surface area contributed by atoms with E-state index in [4.69, 9.17) is 18.1 Å². The summed E-state index contributed by atoms with van der Waals surface area (Å²) in [5.41, 5.74) is 0.674. The molecule has 4 aliphatic carbocycles. The van der Waals surface area contributed by atoms with Gasteiger partial charge in [0.15, 0.2) is 11.6 Å². The second-order valence-corrected chi connectivity index (χ2v) is 14.4. The van der Waals surface area contributed by atoms with E-state index < -0.39 is 40.1 Å². The van der Waals surface area contributed by atoms with Gasteiger partial charge in [-0.25, -0.2) is 43.4 Å². The Balaban J connectivity index is 1.27. The first kappa shape index (κ1) is 32.0. The van der Waals surface area contributed by atoms with E-state index in [9.17, 15) is 33.3 Å². The van der Waals surface area contributed by atoms with Gasteiger partial charge in [-0.05, 0) is 84.0 Å². The Labute approximate surface area is 296 Å². The van der Waals surface area contributed by atoms with Crippen LogP contribution in [-0.2, 0) is 5.41 Å². The fourth-order valence-electron chi connectivity index (χ4n) is 7.52. The molecule has 0 saturated heterocycles. The van der Waals surface area contributed by atoms with Crippen LogP contribution in [0.25, 0.3) is 30.6 Å². The summed E-state index contributed by atoms with van der Waals surface area (Å²) in [5.74, 6) is -4.37. The summed E-state index contributed by atoms with van der Waals surface area (Å²) in [4.78, 5) is 44.7. The minimum Gasteiger partial charge on any atom is -0.287 e. The highest BCUT2D eigenvalue weighted by Gasteiger charge is 2.48. The molecule has 244 valence electrons. The molecular weight excluding hydrogens is 694 g/mol. The molecule has 0 amide bonds. The molecule has 8 rings (SSSR count). The van der Waals surface area contributed by atoms with Crippen LogP contribution in [0.3, 0.4) is 0 Å². The molecule has 0 unspecified atom stereocenters. The Morgan fingerprint density at radius 1 is 0.725 bits per heavy atom. The van der Waals surface area contributed by atoms with Gasteiger partial charge in [0.1, 0.15) is 27.2 Å². The number of halogens is 3. The number of hydrogen-bond donors (Lipinski definition) is 0. The molecular formula is C38H17F3N6O2S2. The van der Waals surface area contributed by atoms with Crippen molar-refractivity contribution < 1.29 is 22.8 Å². The molecule has 0 radical (unpaired) electrons. The fourth-order valence-corrected chi connectivity index (χ4v) is 9.95. The molecule has 4 aromatic rings. The Bertz CT molecular complexity index is 2470. The highest BCUT2D eigenvalue weighted by molar-refractivity contribution is 7.26. The van der Waals surface area contributed by atoms with Gasteiger partial charge in [-0.3, -0.25) is 9.59 Å². The van der Waals surface area contributed by atoms with Gasteiger partial charge < -0.3 is 0 Å². The van der Waals surface area contributed by atoms with Gasteiger partial charge in [-0.15, -0.1) is 22.7 Å². The van der Waals surface area contributed by atoms with Gasteiger partial charge >= 0.3 is 0 Å². The molecule has 2 aromatic carbocycles. The van der Waals surface area contributed by atoms with E-state index in [1.54, 1.807) is 6.07 Å². The normalized spacial score (nSPS) is 19.8. The van der Waals surface area contributed by atoms with Crippen molar-refractivity contribution in [2.45, 2.75) is 38.0 Å². The SMILES string of the molecule is [C-]#[N+]C(C#N)=C1C(=Nc2cc3c(s2)-c2sc(N=C4C(=O)c5cc(F)c(F)cc5/C4=C(/C#N)[N+]#[C-])cc2C32CCCC2)C(=O)c2cc(F)c(C)cc21. The van der Waals surface area contributed by atoms with E-state index in [0.29, 0.717) is 10.0 Å². The number of carbonyl (C=O) groups is 2. The van der Waals surface area contributed by atoms with E-state index in [1.807, 2.05) is 18.2 Å². The number of rotatable bonds is 2. The minimum atomic E-state index is -1.24. The lowest BCUT2D eigenvalue weighted by molar-refractivity contribution is 0.106. The Morgan fingerprint density at radius 3 is 1.61 bits per heavy atom. The topological polar surface area (TPSA) is 115 Å². The number of hydrogen-bond acceptors (Lipinski definition) is 8. The number of aliphatic imine (C=N–C) groups is 2. The minimum absolute atomic E-state index is 0.0317. The molecule has 8 nitrogen and oxygen atoms in total. The number of Topliss-reactive ketones (excluding diaryl/α,β-unsaturated/α-hetero) is 2. The van der Waals surface area contributed by atoms with Crippen LogP contribution in [0.1, 0.15) is 74.2 Å². The Hall–Kier alpha value is -6.25. The van der Waals surface area contributed by atoms with E-state index >= 15 is 0 Å². The number of nitrogens with zero attached hydrogens (tertiary/aromatic N) is 6. The van der Waals surface area contributed by atoms with Gasteiger partial charge in [-0.1, -0.05) is 12.8 Å². The maximum atomic E-state index is 14.5. The zero-order valence-electron chi connectivity index (χ0n) is 26.2. The third-order valence-corrected chi connectivity index (χ3v) is 12.0. The summed E-state index contributed by atoms with van der Waals surface area (Å²) in [6, 6.07) is 11.5. The van der Waals surface area contributed by atoms with Gasteiger partial charge in [0.25, 0.3) is 11.4 Å². The van der Waals surface area contributed by atoms with Crippen LogP contribution in [0.2, 0.25) is 0 Å². The number of carbonyl (C=O) groups excluding carboxylic acids is 2. The molecule has 4 aliphatic rings. The number of fused-ring (bicyclic) bond motifs is 7. The quantitative estimate of drug-likeness (QED) is 0.152. The lowest BCUT2D eigenvalue weighted by Gasteiger charge is -2.24. The average Bonchev–Trinajstić information content (AvgIpc) is 3.96. The van der Waals surface area contributed by atoms with Crippen LogP contribution in [0.4, 0.5) is 23.2 Å². The zero-order chi connectivity index (χ0) is 35.9. The van der Waals surface area contributed by atoms with Crippen molar-refractivity contribution in [1.29, 1.82) is 10.5 Å². The maximum absolute atomic E-state index is 14.5. The lowest BCUT2D eigenvalue weighted by Crippen LogP contribution is -2.19. The lowest BCUT2D eigenvalue weighted by atomic mass is 9.78. The number of aryl methyl sites for hydroxylation is 1. The van der Waals surface area contributed by atoms with E-state index in [0.717, 1.165) is 64.8 Å². The van der Waals surface area contributed by atoms with Crippen LogP contribution in [0, 0.1) is 60.2 Å². The molecule has 0 atom stereocenters. The van der Waals surface area contributed by atoms with Crippen LogP contribution >= 0.6 is 22.7 Å². The Kier molecular flexibility index (Phi) is 7.15. The molecule has 1 spiro atoms. The number of ketones is 2. The molecule has 1 saturated carbocycles. The van der Waals surface area contributed by atoms with Crippen molar-refractivity contribution in [3.05, 3.63) is 127 Å². The fraction of sp³-hybridized carbons (Fsp3) is 0.158. The number of nitriles is 2. The maximum Gasteiger partial charge on any atom is 0.271 e. The standard InChI is InChI=1S/C38H17F3N6O2S2/c1-16-8-17-19(10-23(16)39)34(48)32(30(17)26(14-42)44-2)46-28-12-21-36(50-28)37-22(38(21)6-4-5-7-38)13-29(51-37)47-33-31(27(15-43)45-3)18-9-24(40)25(41)11-20(18)35(33)49/h8-13H,4-7H2,1H3/b30-26?,31-27+,46-32?,47-33?. The van der Waals surface area contributed by atoms with E-state index in [-0.39, 0.29) is 56.1 Å². The molecule has 2 aromatic heterocycles. The van der Waals surface area contributed by atoms with Gasteiger partial charge in [0, 0.05) is 27.7 Å². The molecule has 0 bridgehead atoms. The second-order valence-electron chi connectivity index (χ2n) is 12.4. The summed E-state index contributed by atoms with van der Waals surface area (Å²) in [7, 11) is 0. The summed E-state index contributed by atoms with van der Waals surface area (Å²) in [5, 5.41) is 20.3. The van der Waals surface area contributed by atoms with Crippen LogP contribution in [0.5, 0.6) is 0 Å². The van der Waals surface area contributed by atoms with Crippen molar-refractivity contribution in [2.75, 3.05) is 0 Å². The number of benzene rings is 2. The first-order chi connectivity index (χ1) is 24.5. The van der Waals surface area contributed by atoms with Crippen LogP contribution in [-0.4, -0.2) is 23.0 Å². The molecule has 13 heteroatoms. The Morgan fingerprint density at radius 2 is 1.16 bits per heavy atom. The monoisotopic (exact) mass is 710 g/mol. The summed E-state index contributed by atoms with van der Waals surface area (Å²) >= 11 is 2.59. The number of allylic oxidation sites excluding steroid dienone is 4. The highest BCUT2D eigenvalue weighted by Crippen LogP contribution is 2.63. The third kappa shape index (κ3) is 4.46. The van der Waals surface area contributed by atoms with E-state index in [1.165, 1.54) is 35.7 Å². The van der Waals surface area contributed by atoms with Gasteiger partial charge in [-0.2, -0.15) is 0 Å². The third-order valence-electron chi connectivity index (χ3n) is 9.78. The van der Waals surface area contributed by atoms with Crippen molar-refractivity contribution in [3.63, 3.8) is 0 Å². The number of thiophene rings is 2. The molecule has 1 fully saturated rings. The zero-order valence-corrected chi connectivity index (χ0v) is 27.9. The van der Waals surface area contributed by atoms with Crippen LogP contribution in [0.15, 0.2) is 57.8 Å². The summed E-state index contributed by atoms with van der Waals surface area (Å²) < 4.78 is 43.0. The van der Waals surface area contributed by atoms with Crippen molar-refractivity contribution >= 4 is 66.8 Å². The first-order valence-electron chi connectivity index (χ1n) is 15.4. The van der Waals surface area contributed by atoms with Crippen molar-refractivity contribution in [3.8, 4) is 21.9 Å². The summed E-state index contributed by atoms with van der Waals surface area (Å²) in [6.07, 6.45) is 3.49. The average molecular weight is 711 g/mol. The van der Waals surface area contributed by atoms with E-state index in [2.05, 4.69) is 14.7 Å². The molecule has 0 N–H and O–H groups in total. The van der Waals surface area contributed by atoms with Gasteiger partial charge in [0.2, 0.25) is 11.6 Å². The second kappa shape index (κ2) is 11.4. The largest absolute Gasteiger partial charge is 0.287 e. The highest BCUT2D eigenvalue weighted by atomic mass is 32.1. The first-order valence-corrected chi connectivity index (χ1v) is 17.1. The summed E-state index contributed by atoms with van der Waals surface area (Å²) in [6.45, 7) is 16.6. The van der Waals surface area contributed by atoms with Crippen molar-refractivity contribution in [2.24, 2.45) is 9.98 Å². The molecule has 2 heterocycles. The molecule has 0 aliphatic heterocycles. The predicted octanol–water partition coefficient (Wildman–Crippen LogP) is 9.62. The van der Waals surface area contributed by atoms with Crippen LogP contribution < -0.4 is 0 Å². The van der Waals surface area contributed by atoms with Crippen molar-refractivity contribution in [1.82, 2.24) is 0 Å². The predicted molar refractivity (Wildman–Crippen MR) is 185 cm³/mol. The van der Waals surface area contributed by atoms with Gasteiger partial charge in [0.05, 0.1) is 35.0 Å².